The summed E-state index contributed by atoms with van der Waals surface area (Å²) in [5.74, 6) is 0.763. The van der Waals surface area contributed by atoms with Gasteiger partial charge in [0.2, 0.25) is 0 Å². The maximum atomic E-state index is 13.2. The number of aliphatic hydroxyl groups excluding tert-OH is 1. The molecular formula is C19H23NO4. The van der Waals surface area contributed by atoms with Crippen molar-refractivity contribution in [3.05, 3.63) is 35.6 Å². The highest BCUT2D eigenvalue weighted by atomic mass is 16.5. The number of methoxy groups -OCH3 is 1. The lowest BCUT2D eigenvalue weighted by Gasteiger charge is -2.42. The number of hydrogen-bond acceptors (Lipinski definition) is 4. The van der Waals surface area contributed by atoms with E-state index in [1.165, 1.54) is 0 Å². The molecular weight excluding hydrogens is 306 g/mol. The van der Waals surface area contributed by atoms with Crippen molar-refractivity contribution in [1.82, 2.24) is 4.90 Å². The first-order chi connectivity index (χ1) is 11.5. The van der Waals surface area contributed by atoms with Crippen LogP contribution in [0.1, 0.15) is 41.8 Å². The lowest BCUT2D eigenvalue weighted by molar-refractivity contribution is -0.0824. The van der Waals surface area contributed by atoms with Crippen molar-refractivity contribution in [3.8, 4) is 0 Å². The van der Waals surface area contributed by atoms with Crippen LogP contribution in [-0.4, -0.2) is 47.3 Å². The Bertz CT molecular complexity index is 783. The van der Waals surface area contributed by atoms with E-state index in [-0.39, 0.29) is 23.7 Å². The SMILES string of the molecule is CO[C@@]12CC[C@H](O)C[C@@H]1N(C(=O)c1cccc3cc(C)oc13)CC2. The molecule has 1 N–H and O–H groups in total. The molecule has 1 aromatic heterocycles. The van der Waals surface area contributed by atoms with Gasteiger partial charge in [-0.2, -0.15) is 0 Å². The minimum Gasteiger partial charge on any atom is -0.461 e. The molecule has 0 spiro atoms. The average molecular weight is 329 g/mol. The van der Waals surface area contributed by atoms with E-state index in [2.05, 4.69) is 0 Å². The molecule has 5 heteroatoms. The number of fused-ring (bicyclic) bond motifs is 2. The Hall–Kier alpha value is -1.85. The number of nitrogens with zero attached hydrogens (tertiary/aromatic N) is 1. The second kappa shape index (κ2) is 5.60. The molecule has 1 saturated carbocycles. The Morgan fingerprint density at radius 2 is 2.25 bits per heavy atom. The fourth-order valence-corrected chi connectivity index (χ4v) is 4.43. The summed E-state index contributed by atoms with van der Waals surface area (Å²) in [4.78, 5) is 15.1. The van der Waals surface area contributed by atoms with Gasteiger partial charge in [-0.05, 0) is 44.7 Å². The van der Waals surface area contributed by atoms with Crippen LogP contribution in [0, 0.1) is 6.92 Å². The number of aryl methyl sites for hydroxylation is 1. The molecule has 2 fully saturated rings. The molecule has 1 aromatic carbocycles. The quantitative estimate of drug-likeness (QED) is 0.920. The number of aliphatic hydroxyl groups is 1. The summed E-state index contributed by atoms with van der Waals surface area (Å²) < 4.78 is 11.6. The van der Waals surface area contributed by atoms with Gasteiger partial charge in [0.05, 0.1) is 23.3 Å². The number of hydrogen-bond donors (Lipinski definition) is 1. The molecule has 128 valence electrons. The van der Waals surface area contributed by atoms with E-state index in [0.29, 0.717) is 24.1 Å². The molecule has 5 nitrogen and oxygen atoms in total. The summed E-state index contributed by atoms with van der Waals surface area (Å²) in [5, 5.41) is 11.0. The zero-order chi connectivity index (χ0) is 16.9. The van der Waals surface area contributed by atoms with Gasteiger partial charge in [-0.1, -0.05) is 12.1 Å². The van der Waals surface area contributed by atoms with Gasteiger partial charge in [0.25, 0.3) is 5.91 Å². The third-order valence-electron chi connectivity index (χ3n) is 5.72. The first kappa shape index (κ1) is 15.7. The van der Waals surface area contributed by atoms with Crippen molar-refractivity contribution in [1.29, 1.82) is 0 Å². The molecule has 0 bridgehead atoms. The summed E-state index contributed by atoms with van der Waals surface area (Å²) in [5.41, 5.74) is 0.917. The Morgan fingerprint density at radius 3 is 3.04 bits per heavy atom. The van der Waals surface area contributed by atoms with Crippen LogP contribution in [0.25, 0.3) is 11.0 Å². The first-order valence-corrected chi connectivity index (χ1v) is 8.57. The summed E-state index contributed by atoms with van der Waals surface area (Å²) in [6.45, 7) is 2.54. The van der Waals surface area contributed by atoms with Crippen molar-refractivity contribution in [2.24, 2.45) is 0 Å². The molecule has 0 unspecified atom stereocenters. The number of carbonyl (C=O) groups is 1. The van der Waals surface area contributed by atoms with Gasteiger partial charge in [-0.15, -0.1) is 0 Å². The van der Waals surface area contributed by atoms with Crippen LogP contribution < -0.4 is 0 Å². The van der Waals surface area contributed by atoms with Crippen LogP contribution in [0.15, 0.2) is 28.7 Å². The monoisotopic (exact) mass is 329 g/mol. The van der Waals surface area contributed by atoms with E-state index in [0.717, 1.165) is 30.4 Å². The average Bonchev–Trinajstić information content (AvgIpc) is 3.13. The Kier molecular flexibility index (Phi) is 3.66. The molecule has 4 rings (SSSR count). The number of para-hydroxylation sites is 1. The summed E-state index contributed by atoms with van der Waals surface area (Å²) in [6, 6.07) is 7.53. The van der Waals surface area contributed by atoms with E-state index in [4.69, 9.17) is 9.15 Å². The van der Waals surface area contributed by atoms with Crippen molar-refractivity contribution < 1.29 is 19.1 Å². The smallest absolute Gasteiger partial charge is 0.258 e. The fourth-order valence-electron chi connectivity index (χ4n) is 4.43. The third kappa shape index (κ3) is 2.26. The number of ether oxygens (including phenoxy) is 1. The molecule has 1 aliphatic heterocycles. The highest BCUT2D eigenvalue weighted by Gasteiger charge is 2.52. The lowest BCUT2D eigenvalue weighted by Crippen LogP contribution is -2.52. The molecule has 0 radical (unpaired) electrons. The second-order valence-corrected chi connectivity index (χ2v) is 7.04. The lowest BCUT2D eigenvalue weighted by atomic mass is 9.79. The summed E-state index contributed by atoms with van der Waals surface area (Å²) >= 11 is 0. The zero-order valence-electron chi connectivity index (χ0n) is 14.1. The number of benzene rings is 1. The maximum Gasteiger partial charge on any atom is 0.258 e. The predicted octanol–water partition coefficient (Wildman–Crippen LogP) is 2.89. The normalized spacial score (nSPS) is 29.9. The zero-order valence-corrected chi connectivity index (χ0v) is 14.1. The minimum atomic E-state index is -0.367. The van der Waals surface area contributed by atoms with E-state index < -0.39 is 0 Å². The number of likely N-dealkylation sites (tertiary alicyclic amines) is 1. The van der Waals surface area contributed by atoms with Gasteiger partial charge in [0.15, 0.2) is 0 Å². The third-order valence-corrected chi connectivity index (χ3v) is 5.72. The highest BCUT2D eigenvalue weighted by Crippen LogP contribution is 2.43. The van der Waals surface area contributed by atoms with Gasteiger partial charge in [0.1, 0.15) is 11.3 Å². The summed E-state index contributed by atoms with van der Waals surface area (Å²) in [7, 11) is 1.72. The van der Waals surface area contributed by atoms with Crippen molar-refractivity contribution in [3.63, 3.8) is 0 Å². The van der Waals surface area contributed by atoms with Crippen molar-refractivity contribution in [2.45, 2.75) is 50.4 Å². The molecule has 2 aromatic rings. The largest absolute Gasteiger partial charge is 0.461 e. The molecule has 1 saturated heterocycles. The van der Waals surface area contributed by atoms with Crippen molar-refractivity contribution in [2.75, 3.05) is 13.7 Å². The van der Waals surface area contributed by atoms with Crippen LogP contribution >= 0.6 is 0 Å². The molecule has 1 aliphatic carbocycles. The van der Waals surface area contributed by atoms with Crippen LogP contribution in [0.4, 0.5) is 0 Å². The standard InChI is InChI=1S/C19H23NO4/c1-12-10-13-4-3-5-15(17(13)24-12)18(22)20-9-8-19(23-2)7-6-14(21)11-16(19)20/h3-5,10,14,16,21H,6-9,11H2,1-2H3/t14-,16-,19+/m0/s1. The van der Waals surface area contributed by atoms with Crippen LogP contribution in [-0.2, 0) is 4.74 Å². The predicted molar refractivity (Wildman–Crippen MR) is 90.0 cm³/mol. The van der Waals surface area contributed by atoms with Gasteiger partial charge in [0, 0.05) is 19.0 Å². The van der Waals surface area contributed by atoms with E-state index in [1.54, 1.807) is 7.11 Å². The highest BCUT2D eigenvalue weighted by molar-refractivity contribution is 6.05. The second-order valence-electron chi connectivity index (χ2n) is 7.04. The molecule has 2 aliphatic rings. The topological polar surface area (TPSA) is 62.9 Å². The maximum absolute atomic E-state index is 13.2. The van der Waals surface area contributed by atoms with E-state index in [9.17, 15) is 9.90 Å². The van der Waals surface area contributed by atoms with Gasteiger partial charge >= 0.3 is 0 Å². The molecule has 1 amide bonds. The Labute approximate surface area is 141 Å². The van der Waals surface area contributed by atoms with Crippen LogP contribution in [0.3, 0.4) is 0 Å². The summed E-state index contributed by atoms with van der Waals surface area (Å²) in [6.07, 6.45) is 2.56. The minimum absolute atomic E-state index is 0.0343. The number of amides is 1. The van der Waals surface area contributed by atoms with E-state index >= 15 is 0 Å². The Balaban J connectivity index is 1.71. The molecule has 24 heavy (non-hydrogen) atoms. The van der Waals surface area contributed by atoms with Gasteiger partial charge in [-0.3, -0.25) is 4.79 Å². The van der Waals surface area contributed by atoms with Crippen molar-refractivity contribution >= 4 is 16.9 Å². The number of furan rings is 1. The van der Waals surface area contributed by atoms with Gasteiger partial charge in [-0.25, -0.2) is 0 Å². The molecule has 2 heterocycles. The molecule has 3 atom stereocenters. The van der Waals surface area contributed by atoms with Gasteiger partial charge < -0.3 is 19.2 Å². The number of carbonyl (C=O) groups excluding carboxylic acids is 1. The number of rotatable bonds is 2. The van der Waals surface area contributed by atoms with Crippen LogP contribution in [0.2, 0.25) is 0 Å². The first-order valence-electron chi connectivity index (χ1n) is 8.57. The van der Waals surface area contributed by atoms with E-state index in [1.807, 2.05) is 36.1 Å². The fraction of sp³-hybridized carbons (Fsp3) is 0.526. The van der Waals surface area contributed by atoms with Crippen LogP contribution in [0.5, 0.6) is 0 Å². The Morgan fingerprint density at radius 1 is 1.42 bits per heavy atom.